The summed E-state index contributed by atoms with van der Waals surface area (Å²) in [6, 6.07) is 10.8. The number of carbonyl (C=O) groups is 1. The molecule has 3 N–H and O–H groups in total. The number of fused-ring (bicyclic) bond motifs is 1. The quantitative estimate of drug-likeness (QED) is 0.480. The van der Waals surface area contributed by atoms with Crippen molar-refractivity contribution in [3.8, 4) is 22.8 Å². The first-order valence-electron chi connectivity index (χ1n) is 8.56. The normalized spacial score (nSPS) is 11.0. The molecule has 0 atom stereocenters. The number of methoxy groups -OCH3 is 1. The van der Waals surface area contributed by atoms with Crippen LogP contribution in [0, 0.1) is 13.8 Å². The average molecular weight is 394 g/mol. The predicted octanol–water partition coefficient (Wildman–Crippen LogP) is 4.27. The molecule has 0 saturated heterocycles. The molecule has 0 unspecified atom stereocenters. The van der Waals surface area contributed by atoms with Gasteiger partial charge in [0.1, 0.15) is 17.2 Å². The zero-order valence-corrected chi connectivity index (χ0v) is 16.3. The number of anilines is 1. The molecule has 4 aromatic rings. The smallest absolute Gasteiger partial charge is 0.275 e. The number of amides is 1. The molecular weight excluding hydrogens is 376 g/mol. The number of hydrogen-bond donors (Lipinski definition) is 3. The van der Waals surface area contributed by atoms with Crippen LogP contribution in [0.4, 0.5) is 5.13 Å². The highest BCUT2D eigenvalue weighted by Gasteiger charge is 2.17. The summed E-state index contributed by atoms with van der Waals surface area (Å²) >= 11 is 1.36. The van der Waals surface area contributed by atoms with Gasteiger partial charge in [0, 0.05) is 5.56 Å². The van der Waals surface area contributed by atoms with Gasteiger partial charge in [0.25, 0.3) is 5.91 Å². The van der Waals surface area contributed by atoms with Crippen molar-refractivity contribution in [2.24, 2.45) is 0 Å². The zero-order valence-electron chi connectivity index (χ0n) is 15.5. The fraction of sp³-hybridized carbons (Fsp3) is 0.150. The minimum absolute atomic E-state index is 0.135. The molecule has 2 heterocycles. The molecule has 0 saturated carbocycles. The first-order chi connectivity index (χ1) is 13.4. The Morgan fingerprint density at radius 2 is 2.04 bits per heavy atom. The zero-order chi connectivity index (χ0) is 19.8. The van der Waals surface area contributed by atoms with Crippen LogP contribution in [0.3, 0.4) is 0 Å². The third-order valence-electron chi connectivity index (χ3n) is 4.35. The summed E-state index contributed by atoms with van der Waals surface area (Å²) in [4.78, 5) is 17.0. The molecule has 0 aliphatic carbocycles. The second-order valence-electron chi connectivity index (χ2n) is 6.45. The number of aromatic amines is 1. The number of benzene rings is 2. The van der Waals surface area contributed by atoms with Crippen LogP contribution >= 0.6 is 11.3 Å². The number of H-pyrrole nitrogens is 1. The van der Waals surface area contributed by atoms with Crippen LogP contribution in [-0.4, -0.2) is 33.3 Å². The summed E-state index contributed by atoms with van der Waals surface area (Å²) < 4.78 is 6.13. The molecule has 0 spiro atoms. The van der Waals surface area contributed by atoms with Crippen molar-refractivity contribution >= 4 is 32.6 Å². The number of aromatic hydroxyl groups is 1. The Kier molecular flexibility index (Phi) is 4.48. The summed E-state index contributed by atoms with van der Waals surface area (Å²) in [5, 5.41) is 20.4. The van der Waals surface area contributed by atoms with Gasteiger partial charge in [-0.1, -0.05) is 17.4 Å². The highest BCUT2D eigenvalue weighted by molar-refractivity contribution is 7.22. The lowest BCUT2D eigenvalue weighted by Crippen LogP contribution is -2.11. The van der Waals surface area contributed by atoms with Crippen LogP contribution in [0.1, 0.15) is 21.6 Å². The van der Waals surface area contributed by atoms with E-state index in [0.29, 0.717) is 16.4 Å². The van der Waals surface area contributed by atoms with E-state index in [1.165, 1.54) is 11.3 Å². The fourth-order valence-electron chi connectivity index (χ4n) is 3.09. The van der Waals surface area contributed by atoms with Crippen molar-refractivity contribution in [2.75, 3.05) is 12.4 Å². The van der Waals surface area contributed by atoms with Gasteiger partial charge in [0.15, 0.2) is 5.13 Å². The van der Waals surface area contributed by atoms with E-state index in [4.69, 9.17) is 4.74 Å². The maximum atomic E-state index is 12.6. The van der Waals surface area contributed by atoms with E-state index in [2.05, 4.69) is 20.5 Å². The average Bonchev–Trinajstić information content (AvgIpc) is 3.26. The van der Waals surface area contributed by atoms with E-state index < -0.39 is 0 Å². The molecule has 0 bridgehead atoms. The molecule has 4 rings (SSSR count). The van der Waals surface area contributed by atoms with E-state index in [1.807, 2.05) is 38.1 Å². The summed E-state index contributed by atoms with van der Waals surface area (Å²) in [5.74, 6) is 0.519. The number of hydrogen-bond acceptors (Lipinski definition) is 6. The van der Waals surface area contributed by atoms with Gasteiger partial charge in [-0.3, -0.25) is 15.2 Å². The molecule has 28 heavy (non-hydrogen) atoms. The van der Waals surface area contributed by atoms with Crippen molar-refractivity contribution in [1.82, 2.24) is 15.2 Å². The molecule has 1 amide bonds. The molecule has 142 valence electrons. The maximum absolute atomic E-state index is 12.6. The Bertz CT molecular complexity index is 1170. The monoisotopic (exact) mass is 394 g/mol. The third kappa shape index (κ3) is 3.29. The second-order valence-corrected chi connectivity index (χ2v) is 7.48. The number of aryl methyl sites for hydroxylation is 2. The maximum Gasteiger partial charge on any atom is 0.275 e. The van der Waals surface area contributed by atoms with Crippen LogP contribution in [0.2, 0.25) is 0 Å². The van der Waals surface area contributed by atoms with Crippen molar-refractivity contribution in [3.63, 3.8) is 0 Å². The lowest BCUT2D eigenvalue weighted by Gasteiger charge is -2.06. The first kappa shape index (κ1) is 18.0. The molecule has 2 aromatic carbocycles. The number of aromatic nitrogens is 3. The Balaban J connectivity index is 1.58. The molecule has 0 aliphatic rings. The van der Waals surface area contributed by atoms with Gasteiger partial charge in [-0.25, -0.2) is 4.98 Å². The molecule has 0 aliphatic heterocycles. The molecule has 7 nitrogen and oxygen atoms in total. The van der Waals surface area contributed by atoms with E-state index in [9.17, 15) is 9.90 Å². The summed E-state index contributed by atoms with van der Waals surface area (Å²) in [6.07, 6.45) is 0. The largest absolute Gasteiger partial charge is 0.507 e. The van der Waals surface area contributed by atoms with Crippen molar-refractivity contribution < 1.29 is 14.6 Å². The van der Waals surface area contributed by atoms with Crippen molar-refractivity contribution in [3.05, 3.63) is 53.2 Å². The number of nitrogens with zero attached hydrogens (tertiary/aromatic N) is 2. The predicted molar refractivity (Wildman–Crippen MR) is 109 cm³/mol. The lowest BCUT2D eigenvalue weighted by atomic mass is 10.0. The topological polar surface area (TPSA) is 100 Å². The van der Waals surface area contributed by atoms with Gasteiger partial charge in [-0.2, -0.15) is 5.10 Å². The fourth-order valence-corrected chi connectivity index (χ4v) is 3.98. The van der Waals surface area contributed by atoms with E-state index in [0.717, 1.165) is 27.1 Å². The summed E-state index contributed by atoms with van der Waals surface area (Å²) in [5.41, 5.74) is 4.02. The lowest BCUT2D eigenvalue weighted by molar-refractivity contribution is 0.102. The van der Waals surface area contributed by atoms with E-state index in [1.54, 1.807) is 19.2 Å². The van der Waals surface area contributed by atoms with Crippen molar-refractivity contribution in [2.45, 2.75) is 13.8 Å². The standard InChI is InChI=1S/C20H18N4O3S/c1-10-6-11(2)18(16(25)7-10)14-9-15(24-23-14)19(26)22-20-21-13-5-4-12(27-3)8-17(13)28-20/h4-9,25H,1-3H3,(H,23,24)(H,21,22,26). The highest BCUT2D eigenvalue weighted by Crippen LogP contribution is 2.33. The number of carbonyl (C=O) groups excluding carboxylic acids is 1. The third-order valence-corrected chi connectivity index (χ3v) is 5.29. The minimum atomic E-state index is -0.353. The number of rotatable bonds is 4. The molecule has 2 aromatic heterocycles. The first-order valence-corrected chi connectivity index (χ1v) is 9.38. The number of nitrogens with one attached hydrogen (secondary N) is 2. The Morgan fingerprint density at radius 3 is 2.79 bits per heavy atom. The Hall–Kier alpha value is -3.39. The summed E-state index contributed by atoms with van der Waals surface area (Å²) in [6.45, 7) is 3.80. The Labute approximate surface area is 165 Å². The SMILES string of the molecule is COc1ccc2nc(NC(=O)c3cc(-c4c(C)cc(C)cc4O)n[nH]3)sc2c1. The van der Waals surface area contributed by atoms with Gasteiger partial charge in [-0.15, -0.1) is 0 Å². The number of thiazole rings is 1. The van der Waals surface area contributed by atoms with Crippen molar-refractivity contribution in [1.29, 1.82) is 0 Å². The van der Waals surface area contributed by atoms with Crippen LogP contribution in [0.15, 0.2) is 36.4 Å². The van der Waals surface area contributed by atoms with Gasteiger partial charge in [-0.05, 0) is 55.3 Å². The minimum Gasteiger partial charge on any atom is -0.507 e. The number of phenolic OH excluding ortho intramolecular Hbond substituents is 1. The molecule has 0 fully saturated rings. The van der Waals surface area contributed by atoms with Crippen LogP contribution in [0.5, 0.6) is 11.5 Å². The molecular formula is C20H18N4O3S. The van der Waals surface area contributed by atoms with E-state index in [-0.39, 0.29) is 17.4 Å². The second kappa shape index (κ2) is 6.97. The summed E-state index contributed by atoms with van der Waals surface area (Å²) in [7, 11) is 1.61. The molecule has 0 radical (unpaired) electrons. The van der Waals surface area contributed by atoms with Gasteiger partial charge in [0.2, 0.25) is 0 Å². The van der Waals surface area contributed by atoms with Gasteiger partial charge in [0.05, 0.1) is 23.0 Å². The van der Waals surface area contributed by atoms with Gasteiger partial charge < -0.3 is 9.84 Å². The number of phenols is 1. The highest BCUT2D eigenvalue weighted by atomic mass is 32.1. The van der Waals surface area contributed by atoms with Crippen LogP contribution in [0.25, 0.3) is 21.5 Å². The van der Waals surface area contributed by atoms with E-state index >= 15 is 0 Å². The Morgan fingerprint density at radius 1 is 1.21 bits per heavy atom. The number of ether oxygens (including phenoxy) is 1. The molecule has 8 heteroatoms. The van der Waals surface area contributed by atoms with Crippen LogP contribution in [-0.2, 0) is 0 Å². The van der Waals surface area contributed by atoms with Crippen LogP contribution < -0.4 is 10.1 Å². The van der Waals surface area contributed by atoms with Gasteiger partial charge >= 0.3 is 0 Å².